The predicted molar refractivity (Wildman–Crippen MR) is 133 cm³/mol. The van der Waals surface area contributed by atoms with Crippen LogP contribution in [-0.2, 0) is 22.6 Å². The molecule has 0 aliphatic rings. The summed E-state index contributed by atoms with van der Waals surface area (Å²) in [6.45, 7) is 7.41. The van der Waals surface area contributed by atoms with E-state index in [1.165, 1.54) is 12.3 Å². The van der Waals surface area contributed by atoms with Crippen LogP contribution in [0.1, 0.15) is 43.6 Å². The summed E-state index contributed by atoms with van der Waals surface area (Å²) >= 11 is 5.91. The highest BCUT2D eigenvalue weighted by atomic mass is 35.5. The van der Waals surface area contributed by atoms with Gasteiger partial charge in [0.15, 0.2) is 0 Å². The molecule has 10 heteroatoms. The Hall–Kier alpha value is -3.59. The number of anilines is 2. The van der Waals surface area contributed by atoms with Crippen molar-refractivity contribution in [3.05, 3.63) is 63.0 Å². The van der Waals surface area contributed by atoms with Crippen molar-refractivity contribution < 1.29 is 14.3 Å². The van der Waals surface area contributed by atoms with Crippen LogP contribution >= 0.6 is 11.6 Å². The minimum atomic E-state index is -0.739. The first-order valence-electron chi connectivity index (χ1n) is 10.8. The molecule has 0 unspecified atom stereocenters. The van der Waals surface area contributed by atoms with Crippen LogP contribution < -0.4 is 21.9 Å². The molecule has 2 aromatic heterocycles. The van der Waals surface area contributed by atoms with Gasteiger partial charge in [-0.2, -0.15) is 0 Å². The molecule has 4 N–H and O–H groups in total. The molecule has 3 aromatic rings. The number of nitrogen functional groups attached to an aromatic ring is 1. The van der Waals surface area contributed by atoms with Gasteiger partial charge in [0.05, 0.1) is 17.6 Å². The van der Waals surface area contributed by atoms with Crippen molar-refractivity contribution in [2.75, 3.05) is 17.6 Å². The van der Waals surface area contributed by atoms with Gasteiger partial charge in [-0.3, -0.25) is 19.0 Å². The number of fused-ring (bicyclic) bond motifs is 1. The SMILES string of the molecule is CCNc1c(N)cnc2c1cc(C(=O)NCc1ccc(Cl)cc1)c(=O)n2CC(=O)OC(C)(C)C. The van der Waals surface area contributed by atoms with Gasteiger partial charge in [0.2, 0.25) is 0 Å². The number of benzene rings is 1. The highest BCUT2D eigenvalue weighted by Gasteiger charge is 2.23. The van der Waals surface area contributed by atoms with E-state index in [2.05, 4.69) is 15.6 Å². The summed E-state index contributed by atoms with van der Waals surface area (Å²) in [7, 11) is 0. The second-order valence-corrected chi connectivity index (χ2v) is 9.14. The smallest absolute Gasteiger partial charge is 0.326 e. The molecule has 1 aromatic carbocycles. The third kappa shape index (κ3) is 5.85. The first kappa shape index (κ1) is 25.0. The van der Waals surface area contributed by atoms with E-state index in [0.29, 0.717) is 28.3 Å². The molecule has 180 valence electrons. The van der Waals surface area contributed by atoms with E-state index in [1.54, 1.807) is 45.0 Å². The Morgan fingerprint density at radius 3 is 2.50 bits per heavy atom. The van der Waals surface area contributed by atoms with Crippen molar-refractivity contribution in [1.82, 2.24) is 14.9 Å². The van der Waals surface area contributed by atoms with Gasteiger partial charge in [0.1, 0.15) is 23.4 Å². The minimum Gasteiger partial charge on any atom is -0.459 e. The molecule has 3 rings (SSSR count). The van der Waals surface area contributed by atoms with E-state index in [-0.39, 0.29) is 17.8 Å². The van der Waals surface area contributed by atoms with Crippen molar-refractivity contribution in [2.45, 2.75) is 46.4 Å². The molecular formula is C24H28ClN5O4. The number of ether oxygens (including phenoxy) is 1. The molecule has 34 heavy (non-hydrogen) atoms. The van der Waals surface area contributed by atoms with Gasteiger partial charge in [-0.1, -0.05) is 23.7 Å². The summed E-state index contributed by atoms with van der Waals surface area (Å²) < 4.78 is 6.52. The molecule has 0 aliphatic carbocycles. The molecule has 0 aliphatic heterocycles. The molecule has 0 atom stereocenters. The lowest BCUT2D eigenvalue weighted by Gasteiger charge is -2.21. The topological polar surface area (TPSA) is 128 Å². The summed E-state index contributed by atoms with van der Waals surface area (Å²) in [5, 5.41) is 6.91. The lowest BCUT2D eigenvalue weighted by atomic mass is 10.1. The summed E-state index contributed by atoms with van der Waals surface area (Å²) in [6, 6.07) is 8.42. The number of carbonyl (C=O) groups excluding carboxylic acids is 2. The number of aromatic nitrogens is 2. The summed E-state index contributed by atoms with van der Waals surface area (Å²) in [4.78, 5) is 43.2. The van der Waals surface area contributed by atoms with Crippen molar-refractivity contribution >= 4 is 45.9 Å². The summed E-state index contributed by atoms with van der Waals surface area (Å²) in [5.41, 5.74) is 6.47. The maximum Gasteiger partial charge on any atom is 0.326 e. The van der Waals surface area contributed by atoms with E-state index in [4.69, 9.17) is 22.1 Å². The number of carbonyl (C=O) groups is 2. The summed E-state index contributed by atoms with van der Waals surface area (Å²) in [5.74, 6) is -1.22. The van der Waals surface area contributed by atoms with Crippen LogP contribution in [0.25, 0.3) is 11.0 Å². The van der Waals surface area contributed by atoms with Gasteiger partial charge in [-0.05, 0) is 51.5 Å². The lowest BCUT2D eigenvalue weighted by molar-refractivity contribution is -0.155. The van der Waals surface area contributed by atoms with E-state index in [1.807, 2.05) is 6.92 Å². The fourth-order valence-electron chi connectivity index (χ4n) is 3.40. The third-order valence-electron chi connectivity index (χ3n) is 4.82. The Bertz CT molecular complexity index is 1280. The number of pyridine rings is 2. The number of esters is 1. The van der Waals surface area contributed by atoms with Crippen LogP contribution in [-0.4, -0.2) is 33.6 Å². The molecule has 0 radical (unpaired) electrons. The Morgan fingerprint density at radius 1 is 1.21 bits per heavy atom. The average molecular weight is 486 g/mol. The Kier molecular flexibility index (Phi) is 7.46. The molecule has 9 nitrogen and oxygen atoms in total. The molecule has 1 amide bonds. The van der Waals surface area contributed by atoms with E-state index >= 15 is 0 Å². The molecular weight excluding hydrogens is 458 g/mol. The largest absolute Gasteiger partial charge is 0.459 e. The van der Waals surface area contributed by atoms with Crippen molar-refractivity contribution in [3.8, 4) is 0 Å². The molecule has 2 heterocycles. The highest BCUT2D eigenvalue weighted by Crippen LogP contribution is 2.28. The van der Waals surface area contributed by atoms with Crippen LogP contribution in [0.3, 0.4) is 0 Å². The molecule has 0 saturated heterocycles. The number of rotatable bonds is 7. The standard InChI is InChI=1S/C24H28ClN5O4/c1-5-27-20-16-10-17(22(32)29-11-14-6-8-15(25)9-7-14)23(33)30(21(16)28-12-18(20)26)13-19(31)34-24(2,3)4/h6-10,12H,5,11,13,26H2,1-4H3,(H,27,28)(H,29,32). The average Bonchev–Trinajstić information content (AvgIpc) is 2.75. The Morgan fingerprint density at radius 2 is 1.88 bits per heavy atom. The normalized spacial score (nSPS) is 11.3. The fourth-order valence-corrected chi connectivity index (χ4v) is 3.52. The molecule has 0 bridgehead atoms. The van der Waals surface area contributed by atoms with E-state index < -0.39 is 29.6 Å². The van der Waals surface area contributed by atoms with Crippen LogP contribution in [0.2, 0.25) is 5.02 Å². The first-order valence-corrected chi connectivity index (χ1v) is 11.2. The van der Waals surface area contributed by atoms with E-state index in [9.17, 15) is 14.4 Å². The lowest BCUT2D eigenvalue weighted by Crippen LogP contribution is -2.36. The number of hydrogen-bond acceptors (Lipinski definition) is 7. The molecule has 0 fully saturated rings. The monoisotopic (exact) mass is 485 g/mol. The number of halogens is 1. The minimum absolute atomic E-state index is 0.142. The van der Waals surface area contributed by atoms with Gasteiger partial charge >= 0.3 is 5.97 Å². The maximum atomic E-state index is 13.3. The molecule has 0 saturated carbocycles. The fraction of sp³-hybridized carbons (Fsp3) is 0.333. The van der Waals surface area contributed by atoms with Gasteiger partial charge in [0.25, 0.3) is 11.5 Å². The van der Waals surface area contributed by atoms with Crippen LogP contribution in [0.4, 0.5) is 11.4 Å². The number of nitrogens with two attached hydrogens (primary N) is 1. The van der Waals surface area contributed by atoms with Crippen molar-refractivity contribution in [1.29, 1.82) is 0 Å². The first-order chi connectivity index (χ1) is 16.0. The maximum absolute atomic E-state index is 13.3. The zero-order chi connectivity index (χ0) is 25.0. The zero-order valence-electron chi connectivity index (χ0n) is 19.6. The molecule has 0 spiro atoms. The third-order valence-corrected chi connectivity index (χ3v) is 5.07. The highest BCUT2D eigenvalue weighted by molar-refractivity contribution is 6.30. The number of nitrogens with one attached hydrogen (secondary N) is 2. The number of hydrogen-bond donors (Lipinski definition) is 3. The van der Waals surface area contributed by atoms with E-state index in [0.717, 1.165) is 10.1 Å². The van der Waals surface area contributed by atoms with Gasteiger partial charge < -0.3 is 21.1 Å². The predicted octanol–water partition coefficient (Wildman–Crippen LogP) is 3.34. The summed E-state index contributed by atoms with van der Waals surface area (Å²) in [6.07, 6.45) is 1.41. The Balaban J connectivity index is 2.07. The number of nitrogens with zero attached hydrogens (tertiary/aromatic N) is 2. The quantitative estimate of drug-likeness (QED) is 0.438. The Labute approximate surface area is 202 Å². The second kappa shape index (κ2) is 10.1. The van der Waals surface area contributed by atoms with Crippen LogP contribution in [0.15, 0.2) is 41.3 Å². The van der Waals surface area contributed by atoms with Crippen molar-refractivity contribution in [2.24, 2.45) is 0 Å². The van der Waals surface area contributed by atoms with Crippen LogP contribution in [0.5, 0.6) is 0 Å². The van der Waals surface area contributed by atoms with Gasteiger partial charge in [-0.15, -0.1) is 0 Å². The van der Waals surface area contributed by atoms with Gasteiger partial charge in [-0.25, -0.2) is 4.98 Å². The number of amides is 1. The van der Waals surface area contributed by atoms with Crippen molar-refractivity contribution in [3.63, 3.8) is 0 Å². The zero-order valence-corrected chi connectivity index (χ0v) is 20.3. The van der Waals surface area contributed by atoms with Gasteiger partial charge in [0, 0.05) is 23.5 Å². The second-order valence-electron chi connectivity index (χ2n) is 8.70. The van der Waals surface area contributed by atoms with Crippen LogP contribution in [0, 0.1) is 0 Å².